The summed E-state index contributed by atoms with van der Waals surface area (Å²) in [6, 6.07) is 12.2. The van der Waals surface area contributed by atoms with Crippen molar-refractivity contribution in [1.29, 1.82) is 5.26 Å². The number of rotatable bonds is 2. The van der Waals surface area contributed by atoms with E-state index >= 15 is 0 Å². The Morgan fingerprint density at radius 1 is 1.40 bits per heavy atom. The lowest BCUT2D eigenvalue weighted by molar-refractivity contribution is -0.122. The van der Waals surface area contributed by atoms with Crippen molar-refractivity contribution in [3.8, 4) is 6.07 Å². The maximum Gasteiger partial charge on any atom is 0.222 e. The molecule has 1 amide bonds. The summed E-state index contributed by atoms with van der Waals surface area (Å²) in [5.41, 5.74) is 9.50. The first kappa shape index (κ1) is 15.5. The number of benzene rings is 1. The number of amides is 1. The van der Waals surface area contributed by atoms with Crippen molar-refractivity contribution in [1.82, 2.24) is 9.38 Å². The minimum absolute atomic E-state index is 0.144. The van der Waals surface area contributed by atoms with E-state index in [1.807, 2.05) is 41.7 Å². The van der Waals surface area contributed by atoms with E-state index in [0.29, 0.717) is 17.8 Å². The third-order valence-electron chi connectivity index (χ3n) is 5.01. The van der Waals surface area contributed by atoms with Gasteiger partial charge in [0.2, 0.25) is 5.91 Å². The molecule has 1 fully saturated rings. The lowest BCUT2D eigenvalue weighted by Crippen LogP contribution is -2.41. The Balaban J connectivity index is 1.97. The van der Waals surface area contributed by atoms with Gasteiger partial charge in [0.15, 0.2) is 5.65 Å². The van der Waals surface area contributed by atoms with Gasteiger partial charge in [-0.1, -0.05) is 12.1 Å². The van der Waals surface area contributed by atoms with E-state index in [4.69, 9.17) is 5.73 Å². The third-order valence-corrected chi connectivity index (χ3v) is 5.01. The van der Waals surface area contributed by atoms with Crippen LogP contribution >= 0.6 is 0 Å². The van der Waals surface area contributed by atoms with Gasteiger partial charge in [-0.3, -0.25) is 9.20 Å². The predicted molar refractivity (Wildman–Crippen MR) is 96.3 cm³/mol. The van der Waals surface area contributed by atoms with Crippen LogP contribution in [0.25, 0.3) is 16.7 Å². The van der Waals surface area contributed by atoms with Crippen LogP contribution in [-0.2, 0) is 4.79 Å². The molecule has 2 N–H and O–H groups in total. The Morgan fingerprint density at radius 3 is 2.96 bits per heavy atom. The molecule has 1 atom stereocenters. The fourth-order valence-corrected chi connectivity index (χ4v) is 3.72. The van der Waals surface area contributed by atoms with Crippen LogP contribution in [0.4, 0.5) is 5.82 Å². The number of nitriles is 1. The quantitative estimate of drug-likeness (QED) is 0.780. The van der Waals surface area contributed by atoms with Gasteiger partial charge in [0.25, 0.3) is 0 Å². The fourth-order valence-electron chi connectivity index (χ4n) is 3.72. The summed E-state index contributed by atoms with van der Waals surface area (Å²) in [6.45, 7) is 3.38. The second-order valence-electron chi connectivity index (χ2n) is 6.62. The number of hydrogen-bond acceptors (Lipinski definition) is 4. The normalized spacial score (nSPS) is 17.8. The Labute approximate surface area is 145 Å². The van der Waals surface area contributed by atoms with Crippen LogP contribution < -0.4 is 10.6 Å². The number of imidazole rings is 1. The van der Waals surface area contributed by atoms with E-state index in [9.17, 15) is 10.1 Å². The average Bonchev–Trinajstić information content (AvgIpc) is 3.00. The van der Waals surface area contributed by atoms with E-state index < -0.39 is 0 Å². The van der Waals surface area contributed by atoms with E-state index in [0.717, 1.165) is 41.8 Å². The molecular weight excluding hydrogens is 314 g/mol. The number of nitrogens with two attached hydrogens (primary N) is 1. The first-order valence-electron chi connectivity index (χ1n) is 8.45. The van der Waals surface area contributed by atoms with Gasteiger partial charge in [0, 0.05) is 13.1 Å². The lowest BCUT2D eigenvalue weighted by atomic mass is 9.97. The van der Waals surface area contributed by atoms with Gasteiger partial charge in [0.1, 0.15) is 11.9 Å². The van der Waals surface area contributed by atoms with E-state index in [2.05, 4.69) is 16.0 Å². The van der Waals surface area contributed by atoms with Gasteiger partial charge >= 0.3 is 0 Å². The molecule has 3 heterocycles. The molecule has 0 saturated carbocycles. The molecular formula is C19H19N5O. The fraction of sp³-hybridized carbons (Fsp3) is 0.316. The van der Waals surface area contributed by atoms with Crippen molar-refractivity contribution >= 4 is 28.4 Å². The van der Waals surface area contributed by atoms with Crippen molar-refractivity contribution in [2.75, 3.05) is 18.0 Å². The molecule has 6 heteroatoms. The molecule has 25 heavy (non-hydrogen) atoms. The molecule has 2 aromatic heterocycles. The summed E-state index contributed by atoms with van der Waals surface area (Å²) in [5, 5.41) is 9.58. The number of para-hydroxylation sites is 2. The van der Waals surface area contributed by atoms with Gasteiger partial charge in [-0.05, 0) is 43.5 Å². The van der Waals surface area contributed by atoms with Crippen molar-refractivity contribution in [3.63, 3.8) is 0 Å². The number of aryl methyl sites for hydroxylation is 1. The second kappa shape index (κ2) is 5.78. The number of pyridine rings is 1. The maximum absolute atomic E-state index is 11.7. The molecule has 0 unspecified atom stereocenters. The van der Waals surface area contributed by atoms with E-state index in [-0.39, 0.29) is 11.8 Å². The monoisotopic (exact) mass is 333 g/mol. The molecule has 1 aliphatic rings. The van der Waals surface area contributed by atoms with Gasteiger partial charge in [-0.15, -0.1) is 0 Å². The van der Waals surface area contributed by atoms with E-state index in [1.54, 1.807) is 0 Å². The minimum Gasteiger partial charge on any atom is -0.369 e. The Bertz CT molecular complexity index is 1030. The topological polar surface area (TPSA) is 87.4 Å². The molecule has 0 bridgehead atoms. The summed E-state index contributed by atoms with van der Waals surface area (Å²) in [5.74, 6) is 0.572. The number of carbonyl (C=O) groups is 1. The molecule has 3 aromatic rings. The average molecular weight is 333 g/mol. The van der Waals surface area contributed by atoms with Crippen LogP contribution in [0.1, 0.15) is 24.0 Å². The van der Waals surface area contributed by atoms with Gasteiger partial charge in [-0.25, -0.2) is 4.98 Å². The molecule has 1 saturated heterocycles. The Hall–Kier alpha value is -3.07. The number of piperidine rings is 1. The first-order chi connectivity index (χ1) is 12.1. The highest BCUT2D eigenvalue weighted by Crippen LogP contribution is 2.31. The molecule has 0 aliphatic carbocycles. The number of anilines is 1. The van der Waals surface area contributed by atoms with Gasteiger partial charge < -0.3 is 10.6 Å². The zero-order valence-corrected chi connectivity index (χ0v) is 14.1. The van der Waals surface area contributed by atoms with Gasteiger partial charge in [0.05, 0.1) is 22.5 Å². The zero-order valence-electron chi connectivity index (χ0n) is 14.1. The highest BCUT2D eigenvalue weighted by atomic mass is 16.1. The van der Waals surface area contributed by atoms with Crippen LogP contribution in [-0.4, -0.2) is 28.4 Å². The Morgan fingerprint density at radius 2 is 2.20 bits per heavy atom. The summed E-state index contributed by atoms with van der Waals surface area (Å²) in [4.78, 5) is 18.5. The second-order valence-corrected chi connectivity index (χ2v) is 6.62. The van der Waals surface area contributed by atoms with Crippen LogP contribution in [0.3, 0.4) is 0 Å². The summed E-state index contributed by atoms with van der Waals surface area (Å²) >= 11 is 0. The van der Waals surface area contributed by atoms with Crippen molar-refractivity contribution < 1.29 is 4.79 Å². The van der Waals surface area contributed by atoms with E-state index in [1.165, 1.54) is 0 Å². The number of nitrogens with zero attached hydrogens (tertiary/aromatic N) is 4. The smallest absolute Gasteiger partial charge is 0.222 e. The van der Waals surface area contributed by atoms with Crippen molar-refractivity contribution in [2.24, 2.45) is 11.7 Å². The van der Waals surface area contributed by atoms with Crippen molar-refractivity contribution in [3.05, 3.63) is 41.5 Å². The molecule has 1 aromatic carbocycles. The number of primary amides is 1. The highest BCUT2D eigenvalue weighted by Gasteiger charge is 2.27. The zero-order chi connectivity index (χ0) is 17.6. The number of carbonyl (C=O) groups excluding carboxylic acids is 1. The number of aromatic nitrogens is 2. The largest absolute Gasteiger partial charge is 0.369 e. The van der Waals surface area contributed by atoms with Crippen LogP contribution in [0.2, 0.25) is 0 Å². The highest BCUT2D eigenvalue weighted by molar-refractivity contribution is 5.85. The molecule has 126 valence electrons. The van der Waals surface area contributed by atoms with Crippen molar-refractivity contribution in [2.45, 2.75) is 19.8 Å². The Kier molecular flexibility index (Phi) is 3.57. The number of hydrogen-bond donors (Lipinski definition) is 1. The SMILES string of the molecule is Cc1cc(N2CCC[C@H](C(N)=O)C2)n2c(nc3ccccc32)c1C#N. The summed E-state index contributed by atoms with van der Waals surface area (Å²) in [7, 11) is 0. The summed E-state index contributed by atoms with van der Waals surface area (Å²) < 4.78 is 2.03. The maximum atomic E-state index is 11.7. The summed E-state index contributed by atoms with van der Waals surface area (Å²) in [6.07, 6.45) is 1.75. The minimum atomic E-state index is -0.248. The third kappa shape index (κ3) is 2.40. The molecule has 0 spiro atoms. The molecule has 1 aliphatic heterocycles. The lowest BCUT2D eigenvalue weighted by Gasteiger charge is -2.33. The molecule has 4 rings (SSSR count). The first-order valence-corrected chi connectivity index (χ1v) is 8.45. The standard InChI is InChI=1S/C19H19N5O/c1-12-9-17(23-8-4-5-13(11-23)18(21)25)24-16-7-3-2-6-15(16)22-19(24)14(12)10-20/h2-3,6-7,9,13H,4-5,8,11H2,1H3,(H2,21,25)/t13-/m0/s1. The predicted octanol–water partition coefficient (Wildman–Crippen LogP) is 2.37. The van der Waals surface area contributed by atoms with Crippen LogP contribution in [0.15, 0.2) is 30.3 Å². The number of fused-ring (bicyclic) bond motifs is 3. The van der Waals surface area contributed by atoms with Gasteiger partial charge in [-0.2, -0.15) is 5.26 Å². The van der Waals surface area contributed by atoms with Crippen LogP contribution in [0, 0.1) is 24.2 Å². The molecule has 6 nitrogen and oxygen atoms in total. The van der Waals surface area contributed by atoms with Crippen LogP contribution in [0.5, 0.6) is 0 Å². The molecule has 0 radical (unpaired) electrons.